The van der Waals surface area contributed by atoms with Gasteiger partial charge in [0.05, 0.1) is 0 Å². The van der Waals surface area contributed by atoms with Gasteiger partial charge in [0.25, 0.3) is 0 Å². The predicted molar refractivity (Wildman–Crippen MR) is 81.7 cm³/mol. The Morgan fingerprint density at radius 2 is 1.94 bits per heavy atom. The molecule has 1 N–H and O–H groups in total. The molecule has 1 nitrogen and oxygen atoms in total. The third-order valence-corrected chi connectivity index (χ3v) is 5.79. The quantitative estimate of drug-likeness (QED) is 0.905. The van der Waals surface area contributed by atoms with Crippen LogP contribution < -0.4 is 5.32 Å². The van der Waals surface area contributed by atoms with Crippen LogP contribution in [0.2, 0.25) is 10.0 Å². The number of nitrogens with one attached hydrogen (secondary N) is 1. The van der Waals surface area contributed by atoms with Crippen molar-refractivity contribution >= 4 is 46.7 Å². The third kappa shape index (κ3) is 4.92. The van der Waals surface area contributed by atoms with Crippen LogP contribution in [0.4, 0.5) is 0 Å². The van der Waals surface area contributed by atoms with Crippen LogP contribution in [-0.2, 0) is 6.54 Å². The van der Waals surface area contributed by atoms with E-state index in [4.69, 9.17) is 23.2 Å². The fourth-order valence-electron chi connectivity index (χ4n) is 1.74. The van der Waals surface area contributed by atoms with E-state index >= 15 is 0 Å². The maximum Gasteiger partial charge on any atom is 0.0424 e. The van der Waals surface area contributed by atoms with Gasteiger partial charge in [0, 0.05) is 45.6 Å². The van der Waals surface area contributed by atoms with Crippen LogP contribution in [0, 0.1) is 0 Å². The average Bonchev–Trinajstić information content (AvgIpc) is 2.29. The molecule has 0 aromatic heterocycles. The van der Waals surface area contributed by atoms with E-state index in [1.165, 1.54) is 17.3 Å². The minimum atomic E-state index is 0.705. The van der Waals surface area contributed by atoms with Gasteiger partial charge in [-0.15, -0.1) is 0 Å². The van der Waals surface area contributed by atoms with Crippen molar-refractivity contribution in [1.82, 2.24) is 5.32 Å². The lowest BCUT2D eigenvalue weighted by Crippen LogP contribution is -2.28. The van der Waals surface area contributed by atoms with E-state index in [0.29, 0.717) is 10.0 Å². The van der Waals surface area contributed by atoms with Crippen molar-refractivity contribution in [2.75, 3.05) is 23.8 Å². The first kappa shape index (κ1) is 13.9. The van der Waals surface area contributed by atoms with Crippen molar-refractivity contribution < 1.29 is 0 Å². The van der Waals surface area contributed by atoms with Crippen LogP contribution in [0.1, 0.15) is 5.56 Å². The first-order chi connectivity index (χ1) is 8.24. The van der Waals surface area contributed by atoms with Crippen molar-refractivity contribution in [3.63, 3.8) is 0 Å². The van der Waals surface area contributed by atoms with Crippen molar-refractivity contribution in [3.05, 3.63) is 33.8 Å². The van der Waals surface area contributed by atoms with Gasteiger partial charge in [0.15, 0.2) is 0 Å². The topological polar surface area (TPSA) is 12.0 Å². The minimum Gasteiger partial charge on any atom is -0.312 e. The van der Waals surface area contributed by atoms with Crippen molar-refractivity contribution in [2.45, 2.75) is 11.8 Å². The highest BCUT2D eigenvalue weighted by Crippen LogP contribution is 2.23. The van der Waals surface area contributed by atoms with Crippen molar-refractivity contribution in [1.29, 1.82) is 0 Å². The molecule has 17 heavy (non-hydrogen) atoms. The Kier molecular flexibility index (Phi) is 5.84. The second-order valence-electron chi connectivity index (χ2n) is 3.98. The molecule has 94 valence electrons. The van der Waals surface area contributed by atoms with Crippen LogP contribution in [-0.4, -0.2) is 29.1 Å². The van der Waals surface area contributed by atoms with Gasteiger partial charge in [-0.3, -0.25) is 0 Å². The maximum absolute atomic E-state index is 5.96. The fourth-order valence-corrected chi connectivity index (χ4v) is 4.96. The van der Waals surface area contributed by atoms with Crippen LogP contribution >= 0.6 is 46.7 Å². The molecule has 1 aromatic rings. The fraction of sp³-hybridized carbons (Fsp3) is 0.500. The molecule has 0 aliphatic carbocycles. The van der Waals surface area contributed by atoms with Crippen LogP contribution in [0.15, 0.2) is 18.2 Å². The Balaban J connectivity index is 1.77. The Labute approximate surface area is 121 Å². The summed E-state index contributed by atoms with van der Waals surface area (Å²) in [5, 5.41) is 5.62. The highest BCUT2D eigenvalue weighted by Gasteiger charge is 2.13. The molecule has 0 amide bonds. The van der Waals surface area contributed by atoms with Crippen LogP contribution in [0.3, 0.4) is 0 Å². The Hall–Kier alpha value is 0.460. The molecule has 2 rings (SSSR count). The summed E-state index contributed by atoms with van der Waals surface area (Å²) in [5.41, 5.74) is 1.15. The highest BCUT2D eigenvalue weighted by molar-refractivity contribution is 8.06. The second kappa shape index (κ2) is 7.15. The lowest BCUT2D eigenvalue weighted by atomic mass is 10.2. The summed E-state index contributed by atoms with van der Waals surface area (Å²) in [6.45, 7) is 1.89. The molecule has 0 saturated carbocycles. The van der Waals surface area contributed by atoms with E-state index < -0.39 is 0 Å². The smallest absolute Gasteiger partial charge is 0.0424 e. The van der Waals surface area contributed by atoms with Gasteiger partial charge in [-0.05, 0) is 23.8 Å². The van der Waals surface area contributed by atoms with Crippen molar-refractivity contribution in [2.24, 2.45) is 0 Å². The molecule has 1 unspecified atom stereocenters. The lowest BCUT2D eigenvalue weighted by Gasteiger charge is -2.21. The lowest BCUT2D eigenvalue weighted by molar-refractivity contribution is 0.686. The Morgan fingerprint density at radius 3 is 2.59 bits per heavy atom. The first-order valence-corrected chi connectivity index (χ1v) is 8.55. The second-order valence-corrected chi connectivity index (χ2v) is 7.41. The number of hydrogen-bond acceptors (Lipinski definition) is 3. The number of benzene rings is 1. The Bertz CT molecular complexity index is 347. The Morgan fingerprint density at radius 1 is 1.18 bits per heavy atom. The average molecular weight is 308 g/mol. The van der Waals surface area contributed by atoms with E-state index in [-0.39, 0.29) is 0 Å². The molecular weight excluding hydrogens is 293 g/mol. The molecule has 5 heteroatoms. The van der Waals surface area contributed by atoms with Crippen LogP contribution in [0.5, 0.6) is 0 Å². The third-order valence-electron chi connectivity index (χ3n) is 2.51. The molecular formula is C12H15Cl2NS2. The summed E-state index contributed by atoms with van der Waals surface area (Å²) in [4.78, 5) is 0. The van der Waals surface area contributed by atoms with E-state index in [2.05, 4.69) is 28.8 Å². The largest absolute Gasteiger partial charge is 0.312 e. The number of thioether (sulfide) groups is 2. The monoisotopic (exact) mass is 307 g/mol. The first-order valence-electron chi connectivity index (χ1n) is 5.59. The molecule has 1 heterocycles. The maximum atomic E-state index is 5.96. The zero-order valence-electron chi connectivity index (χ0n) is 9.42. The molecule has 1 atom stereocenters. The predicted octanol–water partition coefficient (Wildman–Crippen LogP) is 3.93. The molecule has 1 fully saturated rings. The summed E-state index contributed by atoms with van der Waals surface area (Å²) in [6, 6.07) is 5.69. The zero-order chi connectivity index (χ0) is 12.1. The normalized spacial score (nSPS) is 20.5. The van der Waals surface area contributed by atoms with Gasteiger partial charge in [0.2, 0.25) is 0 Å². The van der Waals surface area contributed by atoms with E-state index in [1.54, 1.807) is 6.07 Å². The SMILES string of the molecule is Clc1cc(Cl)cc(CNCC2CSCCS2)c1. The highest BCUT2D eigenvalue weighted by atomic mass is 35.5. The van der Waals surface area contributed by atoms with Gasteiger partial charge in [-0.2, -0.15) is 23.5 Å². The van der Waals surface area contributed by atoms with Gasteiger partial charge >= 0.3 is 0 Å². The van der Waals surface area contributed by atoms with Gasteiger partial charge in [0.1, 0.15) is 0 Å². The van der Waals surface area contributed by atoms with Gasteiger partial charge < -0.3 is 5.32 Å². The van der Waals surface area contributed by atoms with Gasteiger partial charge in [-0.25, -0.2) is 0 Å². The zero-order valence-corrected chi connectivity index (χ0v) is 12.6. The summed E-state index contributed by atoms with van der Waals surface area (Å²) >= 11 is 16.0. The number of hydrogen-bond donors (Lipinski definition) is 1. The molecule has 1 aliphatic rings. The number of rotatable bonds is 4. The molecule has 1 aliphatic heterocycles. The van der Waals surface area contributed by atoms with Gasteiger partial charge in [-0.1, -0.05) is 23.2 Å². The van der Waals surface area contributed by atoms with E-state index in [1.807, 2.05) is 12.1 Å². The van der Waals surface area contributed by atoms with Crippen molar-refractivity contribution in [3.8, 4) is 0 Å². The molecule has 0 spiro atoms. The van der Waals surface area contributed by atoms with E-state index in [9.17, 15) is 0 Å². The van der Waals surface area contributed by atoms with E-state index in [0.717, 1.165) is 23.9 Å². The number of halogens is 2. The summed E-state index contributed by atoms with van der Waals surface area (Å²) in [7, 11) is 0. The summed E-state index contributed by atoms with van der Waals surface area (Å²) in [6.07, 6.45) is 0. The standard InChI is InChI=1S/C12H15Cl2NS2/c13-10-3-9(4-11(14)5-10)6-15-7-12-8-16-1-2-17-12/h3-5,12,15H,1-2,6-8H2. The molecule has 1 aromatic carbocycles. The summed E-state index contributed by atoms with van der Waals surface area (Å²) in [5.74, 6) is 3.83. The molecule has 0 bridgehead atoms. The molecule has 1 saturated heterocycles. The molecule has 0 radical (unpaired) electrons. The minimum absolute atomic E-state index is 0.705. The summed E-state index contributed by atoms with van der Waals surface area (Å²) < 4.78 is 0. The van der Waals surface area contributed by atoms with Crippen LogP contribution in [0.25, 0.3) is 0 Å².